The lowest BCUT2D eigenvalue weighted by atomic mass is 9.98. The number of alkyl halides is 3. The van der Waals surface area contributed by atoms with E-state index in [4.69, 9.17) is 5.26 Å². The van der Waals surface area contributed by atoms with E-state index in [1.807, 2.05) is 4.90 Å². The first-order chi connectivity index (χ1) is 18.5. The zero-order chi connectivity index (χ0) is 28.2. The number of hydrogen-bond donors (Lipinski definition) is 1. The summed E-state index contributed by atoms with van der Waals surface area (Å²) in [4.78, 5) is 24.8. The SMILES string of the molecule is I.N#CC1CN(S(=O)(=O)N2CCC[C@H](C(=O)N3CCCC3)C2)C1.O=CN[C@@H](c1ccc(C(F)(F)F)cc1)C1CC1.[HH]. The molecule has 4 aliphatic rings. The predicted octanol–water partition coefficient (Wildman–Crippen LogP) is 3.79. The number of hydrogen-bond acceptors (Lipinski definition) is 5. The van der Waals surface area contributed by atoms with Gasteiger partial charge in [-0.05, 0) is 62.1 Å². The molecule has 1 aromatic rings. The number of carbonyl (C=O) groups is 2. The molecule has 4 fully saturated rings. The number of halogens is 4. The molecule has 40 heavy (non-hydrogen) atoms. The standard InChI is InChI=1S/C14H22N4O3S.C12H12F3NO.HI.H2/c15-8-12-9-18(10-12)22(20,21)17-7-3-4-13(11-17)14(19)16-5-1-2-6-16;13-12(14,15)10-5-3-9(4-6-10)11(16-7-17)8-1-2-8;;/h12-13H,1-7,9-11H2;3-8,11H,1-2H2,(H,16,17);2*1H/t13-;11-;;/m01../s1. The molecule has 5 rings (SSSR count). The molecule has 0 aromatic heterocycles. The average Bonchev–Trinajstić information content (AvgIpc) is 3.58. The van der Waals surface area contributed by atoms with Crippen molar-refractivity contribution in [3.8, 4) is 6.07 Å². The van der Waals surface area contributed by atoms with E-state index in [0.29, 0.717) is 18.9 Å². The van der Waals surface area contributed by atoms with Crippen LogP contribution in [0, 0.1) is 29.1 Å². The summed E-state index contributed by atoms with van der Waals surface area (Å²) in [5.74, 6) is 0.0594. The highest BCUT2D eigenvalue weighted by Crippen LogP contribution is 2.41. The third-order valence-corrected chi connectivity index (χ3v) is 9.71. The lowest BCUT2D eigenvalue weighted by molar-refractivity contribution is -0.137. The molecule has 1 saturated carbocycles. The Morgan fingerprint density at radius 1 is 1.02 bits per heavy atom. The van der Waals surface area contributed by atoms with Gasteiger partial charge in [0.05, 0.1) is 29.5 Å². The van der Waals surface area contributed by atoms with Gasteiger partial charge in [-0.2, -0.15) is 35.5 Å². The van der Waals surface area contributed by atoms with E-state index >= 15 is 0 Å². The molecule has 9 nitrogen and oxygen atoms in total. The topological polar surface area (TPSA) is 114 Å². The van der Waals surface area contributed by atoms with Gasteiger partial charge in [0.2, 0.25) is 12.3 Å². The molecule has 2 amide bonds. The molecule has 2 atom stereocenters. The molecule has 1 aromatic carbocycles. The first-order valence-corrected chi connectivity index (χ1v) is 14.7. The van der Waals surface area contributed by atoms with Gasteiger partial charge in [0, 0.05) is 40.7 Å². The number of benzene rings is 1. The summed E-state index contributed by atoms with van der Waals surface area (Å²) >= 11 is 0. The normalized spacial score (nSPS) is 23.1. The minimum absolute atomic E-state index is 0. The molecule has 1 N–H and O–H groups in total. The first kappa shape index (κ1) is 32.6. The van der Waals surface area contributed by atoms with Crippen LogP contribution in [-0.2, 0) is 26.0 Å². The van der Waals surface area contributed by atoms with E-state index < -0.39 is 21.9 Å². The Morgan fingerprint density at radius 3 is 2.17 bits per heavy atom. The van der Waals surface area contributed by atoms with Crippen LogP contribution in [0.25, 0.3) is 0 Å². The Hall–Kier alpha value is -1.96. The van der Waals surface area contributed by atoms with Crippen molar-refractivity contribution in [3.63, 3.8) is 0 Å². The molecule has 3 aliphatic heterocycles. The second-order valence-corrected chi connectivity index (χ2v) is 12.5. The van der Waals surface area contributed by atoms with Crippen molar-refractivity contribution in [3.05, 3.63) is 35.4 Å². The zero-order valence-corrected chi connectivity index (χ0v) is 25.2. The van der Waals surface area contributed by atoms with E-state index in [2.05, 4.69) is 11.4 Å². The van der Waals surface area contributed by atoms with Crippen LogP contribution in [0.1, 0.15) is 57.1 Å². The number of piperidine rings is 1. The van der Waals surface area contributed by atoms with Crippen LogP contribution in [0.2, 0.25) is 0 Å². The Kier molecular flexibility index (Phi) is 11.2. The smallest absolute Gasteiger partial charge is 0.352 e. The third kappa shape index (κ3) is 7.86. The fraction of sp³-hybridized carbons (Fsp3) is 0.654. The third-order valence-electron chi connectivity index (χ3n) is 7.77. The van der Waals surface area contributed by atoms with Gasteiger partial charge in [-0.3, -0.25) is 9.59 Å². The molecular weight excluding hydrogens is 662 g/mol. The summed E-state index contributed by atoms with van der Waals surface area (Å²) < 4.78 is 65.0. The molecule has 3 saturated heterocycles. The lowest BCUT2D eigenvalue weighted by Crippen LogP contribution is -2.57. The van der Waals surface area contributed by atoms with Crippen molar-refractivity contribution in [2.24, 2.45) is 17.8 Å². The number of nitriles is 1. The summed E-state index contributed by atoms with van der Waals surface area (Å²) in [5.41, 5.74) is 0.0644. The van der Waals surface area contributed by atoms with Crippen molar-refractivity contribution < 1.29 is 32.6 Å². The average molecular weight is 700 g/mol. The molecular formula is C26H37F3IN5O4S. The number of likely N-dealkylation sites (tertiary alicyclic amines) is 1. The maximum absolute atomic E-state index is 12.5. The van der Waals surface area contributed by atoms with Crippen LogP contribution in [0.4, 0.5) is 13.2 Å². The second-order valence-electron chi connectivity index (χ2n) is 10.6. The molecule has 0 unspecified atom stereocenters. The molecule has 1 aliphatic carbocycles. The second kappa shape index (κ2) is 13.8. The minimum Gasteiger partial charge on any atom is -0.352 e. The maximum Gasteiger partial charge on any atom is 0.416 e. The van der Waals surface area contributed by atoms with Crippen LogP contribution in [0.15, 0.2) is 24.3 Å². The predicted molar refractivity (Wildman–Crippen MR) is 153 cm³/mol. The highest BCUT2D eigenvalue weighted by Gasteiger charge is 2.42. The highest BCUT2D eigenvalue weighted by molar-refractivity contribution is 14.0. The summed E-state index contributed by atoms with van der Waals surface area (Å²) in [5, 5.41) is 11.4. The van der Waals surface area contributed by atoms with E-state index in [9.17, 15) is 31.2 Å². The Labute approximate surface area is 251 Å². The van der Waals surface area contributed by atoms with E-state index in [1.54, 1.807) is 0 Å². The van der Waals surface area contributed by atoms with Crippen molar-refractivity contribution >= 4 is 46.5 Å². The van der Waals surface area contributed by atoms with Crippen LogP contribution in [0.3, 0.4) is 0 Å². The van der Waals surface area contributed by atoms with Gasteiger partial charge in [-0.1, -0.05) is 12.1 Å². The summed E-state index contributed by atoms with van der Waals surface area (Å²) in [6.45, 7) is 2.92. The fourth-order valence-electron chi connectivity index (χ4n) is 5.31. The zero-order valence-electron chi connectivity index (χ0n) is 22.1. The summed E-state index contributed by atoms with van der Waals surface area (Å²) in [6, 6.07) is 6.90. The number of nitrogens with one attached hydrogen (secondary N) is 1. The van der Waals surface area contributed by atoms with Crippen LogP contribution in [0.5, 0.6) is 0 Å². The highest BCUT2D eigenvalue weighted by atomic mass is 127. The first-order valence-electron chi connectivity index (χ1n) is 13.3. The summed E-state index contributed by atoms with van der Waals surface area (Å²) in [7, 11) is -3.51. The van der Waals surface area contributed by atoms with Crippen molar-refractivity contribution in [1.29, 1.82) is 5.26 Å². The van der Waals surface area contributed by atoms with Crippen LogP contribution >= 0.6 is 24.0 Å². The quantitative estimate of drug-likeness (QED) is 0.344. The molecule has 14 heteroatoms. The molecule has 224 valence electrons. The van der Waals surface area contributed by atoms with Crippen molar-refractivity contribution in [2.45, 2.75) is 50.7 Å². The number of amides is 2. The largest absolute Gasteiger partial charge is 0.416 e. The van der Waals surface area contributed by atoms with E-state index in [1.165, 1.54) is 20.7 Å². The Balaban J connectivity index is 0.000000282. The van der Waals surface area contributed by atoms with Crippen LogP contribution in [-0.4, -0.2) is 73.5 Å². The van der Waals surface area contributed by atoms with Gasteiger partial charge in [-0.15, -0.1) is 24.0 Å². The van der Waals surface area contributed by atoms with E-state index in [-0.39, 0.29) is 68.8 Å². The van der Waals surface area contributed by atoms with Crippen molar-refractivity contribution in [1.82, 2.24) is 18.8 Å². The van der Waals surface area contributed by atoms with Gasteiger partial charge >= 0.3 is 6.18 Å². The van der Waals surface area contributed by atoms with Crippen LogP contribution < -0.4 is 5.32 Å². The van der Waals surface area contributed by atoms with Gasteiger partial charge in [0.1, 0.15) is 0 Å². The minimum atomic E-state index is -4.31. The maximum atomic E-state index is 12.5. The van der Waals surface area contributed by atoms with Gasteiger partial charge < -0.3 is 10.2 Å². The van der Waals surface area contributed by atoms with Gasteiger partial charge in [0.15, 0.2) is 0 Å². The van der Waals surface area contributed by atoms with E-state index in [0.717, 1.165) is 69.3 Å². The number of rotatable bonds is 7. The van der Waals surface area contributed by atoms with Crippen molar-refractivity contribution in [2.75, 3.05) is 39.3 Å². The number of nitrogens with zero attached hydrogens (tertiary/aromatic N) is 4. The number of carbonyl (C=O) groups excluding carboxylic acids is 2. The Morgan fingerprint density at radius 2 is 1.65 bits per heavy atom. The fourth-order valence-corrected chi connectivity index (χ4v) is 7.10. The van der Waals surface area contributed by atoms with Gasteiger partial charge in [-0.25, -0.2) is 0 Å². The Bertz CT molecular complexity index is 1170. The molecule has 0 radical (unpaired) electrons. The van der Waals surface area contributed by atoms with Gasteiger partial charge in [0.25, 0.3) is 10.2 Å². The molecule has 3 heterocycles. The lowest BCUT2D eigenvalue weighted by Gasteiger charge is -2.40. The monoisotopic (exact) mass is 699 g/mol. The summed E-state index contributed by atoms with van der Waals surface area (Å²) in [6.07, 6.45) is 1.88. The molecule has 0 spiro atoms. The molecule has 0 bridgehead atoms.